The summed E-state index contributed by atoms with van der Waals surface area (Å²) >= 11 is 0. The maximum absolute atomic E-state index is 11.5. The van der Waals surface area contributed by atoms with Crippen molar-refractivity contribution in [2.24, 2.45) is 5.73 Å². The molecule has 0 aliphatic heterocycles. The zero-order valence-electron chi connectivity index (χ0n) is 13.4. The molecule has 126 valence electrons. The molecular weight excluding hydrogens is 312 g/mol. The number of carbonyl (C=O) groups is 1. The molecule has 0 saturated heterocycles. The molecule has 3 N–H and O–H groups in total. The predicted molar refractivity (Wildman–Crippen MR) is 90.5 cm³/mol. The molecule has 0 aromatic carbocycles. The Morgan fingerprint density at radius 3 is 2.50 bits per heavy atom. The summed E-state index contributed by atoms with van der Waals surface area (Å²) in [6.07, 6.45) is 2.66. The second kappa shape index (κ2) is 7.36. The van der Waals surface area contributed by atoms with E-state index < -0.39 is 10.8 Å². The Morgan fingerprint density at radius 1 is 1.29 bits per heavy atom. The maximum Gasteiger partial charge on any atom is 0.288 e. The number of carbonyl (C=O) groups excluding carboxylic acids is 1. The normalized spacial score (nSPS) is 10.2. The summed E-state index contributed by atoms with van der Waals surface area (Å²) in [5.74, 6) is 0.171. The van der Waals surface area contributed by atoms with Gasteiger partial charge in [-0.15, -0.1) is 0 Å². The molecular formula is C15H18N6O3. The first-order valence-electron chi connectivity index (χ1n) is 7.38. The van der Waals surface area contributed by atoms with Gasteiger partial charge in [0.2, 0.25) is 0 Å². The molecule has 0 aliphatic carbocycles. The van der Waals surface area contributed by atoms with Crippen LogP contribution >= 0.6 is 0 Å². The molecule has 24 heavy (non-hydrogen) atoms. The molecule has 2 rings (SSSR count). The van der Waals surface area contributed by atoms with Crippen molar-refractivity contribution >= 4 is 28.9 Å². The number of rotatable bonds is 7. The molecule has 9 nitrogen and oxygen atoms in total. The van der Waals surface area contributed by atoms with Crippen LogP contribution < -0.4 is 16.0 Å². The lowest BCUT2D eigenvalue weighted by Crippen LogP contribution is -2.22. The van der Waals surface area contributed by atoms with Crippen molar-refractivity contribution in [2.45, 2.75) is 13.8 Å². The van der Waals surface area contributed by atoms with Gasteiger partial charge in [-0.25, -0.2) is 9.97 Å². The number of nitro groups is 1. The molecule has 0 fully saturated rings. The van der Waals surface area contributed by atoms with Crippen molar-refractivity contribution in [1.82, 2.24) is 9.97 Å². The largest absolute Gasteiger partial charge is 0.365 e. The van der Waals surface area contributed by atoms with Crippen LogP contribution in [0.5, 0.6) is 0 Å². The highest BCUT2D eigenvalue weighted by Gasteiger charge is 2.16. The van der Waals surface area contributed by atoms with Gasteiger partial charge in [0.05, 0.1) is 22.4 Å². The van der Waals surface area contributed by atoms with Gasteiger partial charge in [0.1, 0.15) is 17.8 Å². The molecule has 0 saturated carbocycles. The molecule has 1 amide bonds. The van der Waals surface area contributed by atoms with E-state index in [-0.39, 0.29) is 17.1 Å². The fourth-order valence-electron chi connectivity index (χ4n) is 2.17. The fraction of sp³-hybridized carbons (Fsp3) is 0.267. The van der Waals surface area contributed by atoms with Gasteiger partial charge < -0.3 is 16.0 Å². The van der Waals surface area contributed by atoms with Gasteiger partial charge in [0, 0.05) is 19.2 Å². The SMILES string of the molecule is CCN(CC)c1ccc(Nc2ncc([N+](=O)[O-])cc2C(N)=O)cn1. The summed E-state index contributed by atoms with van der Waals surface area (Å²) in [7, 11) is 0. The van der Waals surface area contributed by atoms with E-state index in [0.717, 1.165) is 31.2 Å². The van der Waals surface area contributed by atoms with Crippen molar-refractivity contribution < 1.29 is 9.72 Å². The smallest absolute Gasteiger partial charge is 0.288 e. The van der Waals surface area contributed by atoms with E-state index in [4.69, 9.17) is 5.73 Å². The van der Waals surface area contributed by atoms with E-state index in [1.54, 1.807) is 12.3 Å². The number of amides is 1. The Balaban J connectivity index is 2.27. The Kier molecular flexibility index (Phi) is 5.25. The predicted octanol–water partition coefficient (Wildman–Crippen LogP) is 2.07. The molecule has 2 aromatic heterocycles. The molecule has 0 atom stereocenters. The van der Waals surface area contributed by atoms with Gasteiger partial charge in [0.15, 0.2) is 0 Å². The topological polar surface area (TPSA) is 127 Å². The number of aromatic nitrogens is 2. The van der Waals surface area contributed by atoms with E-state index in [0.29, 0.717) is 5.69 Å². The lowest BCUT2D eigenvalue weighted by atomic mass is 10.2. The third-order valence-electron chi connectivity index (χ3n) is 3.45. The fourth-order valence-corrected chi connectivity index (χ4v) is 2.17. The number of hydrogen-bond donors (Lipinski definition) is 2. The molecule has 0 radical (unpaired) electrons. The van der Waals surface area contributed by atoms with E-state index in [9.17, 15) is 14.9 Å². The zero-order chi connectivity index (χ0) is 17.7. The first-order chi connectivity index (χ1) is 11.5. The van der Waals surface area contributed by atoms with Crippen LogP contribution in [0.15, 0.2) is 30.6 Å². The number of anilines is 3. The van der Waals surface area contributed by atoms with Crippen LogP contribution in [0, 0.1) is 10.1 Å². The highest BCUT2D eigenvalue weighted by molar-refractivity contribution is 5.98. The van der Waals surface area contributed by atoms with Crippen LogP contribution in [0.25, 0.3) is 0 Å². The Bertz CT molecular complexity index is 743. The second-order valence-corrected chi connectivity index (χ2v) is 4.91. The van der Waals surface area contributed by atoms with Crippen molar-refractivity contribution in [3.05, 3.63) is 46.3 Å². The number of primary amides is 1. The first-order valence-corrected chi connectivity index (χ1v) is 7.38. The number of pyridine rings is 2. The van der Waals surface area contributed by atoms with Crippen LogP contribution in [-0.4, -0.2) is 33.9 Å². The Morgan fingerprint density at radius 2 is 2.00 bits per heavy atom. The van der Waals surface area contributed by atoms with Crippen LogP contribution in [0.3, 0.4) is 0 Å². The quantitative estimate of drug-likeness (QED) is 0.587. The molecule has 0 bridgehead atoms. The maximum atomic E-state index is 11.5. The summed E-state index contributed by atoms with van der Waals surface area (Å²) in [6.45, 7) is 5.76. The molecule has 2 heterocycles. The van der Waals surface area contributed by atoms with E-state index in [2.05, 4.69) is 20.2 Å². The third kappa shape index (κ3) is 3.75. The molecule has 9 heteroatoms. The van der Waals surface area contributed by atoms with Crippen LogP contribution in [-0.2, 0) is 0 Å². The summed E-state index contributed by atoms with van der Waals surface area (Å²) in [4.78, 5) is 32.0. The van der Waals surface area contributed by atoms with Crippen molar-refractivity contribution in [3.63, 3.8) is 0 Å². The van der Waals surface area contributed by atoms with Crippen LogP contribution in [0.2, 0.25) is 0 Å². The lowest BCUT2D eigenvalue weighted by Gasteiger charge is -2.19. The van der Waals surface area contributed by atoms with E-state index in [1.807, 2.05) is 19.9 Å². The van der Waals surface area contributed by atoms with Crippen LogP contribution in [0.1, 0.15) is 24.2 Å². The van der Waals surface area contributed by atoms with Crippen molar-refractivity contribution in [2.75, 3.05) is 23.3 Å². The van der Waals surface area contributed by atoms with E-state index in [1.165, 1.54) is 0 Å². The Hall–Kier alpha value is -3.23. The van der Waals surface area contributed by atoms with Gasteiger partial charge >= 0.3 is 0 Å². The van der Waals surface area contributed by atoms with Gasteiger partial charge in [-0.05, 0) is 26.0 Å². The molecule has 0 aliphatic rings. The van der Waals surface area contributed by atoms with Crippen LogP contribution in [0.4, 0.5) is 23.0 Å². The minimum absolute atomic E-state index is 0.0583. The summed E-state index contributed by atoms with van der Waals surface area (Å²) in [6, 6.07) is 4.72. The van der Waals surface area contributed by atoms with Crippen molar-refractivity contribution in [1.29, 1.82) is 0 Å². The van der Waals surface area contributed by atoms with Gasteiger partial charge in [-0.1, -0.05) is 0 Å². The minimum Gasteiger partial charge on any atom is -0.365 e. The molecule has 0 spiro atoms. The summed E-state index contributed by atoms with van der Waals surface area (Å²) in [5.41, 5.74) is 5.51. The van der Waals surface area contributed by atoms with Gasteiger partial charge in [-0.2, -0.15) is 0 Å². The highest BCUT2D eigenvalue weighted by Crippen LogP contribution is 2.23. The molecule has 2 aromatic rings. The average molecular weight is 330 g/mol. The minimum atomic E-state index is -0.804. The number of nitrogens with one attached hydrogen (secondary N) is 1. The Labute approximate surface area is 138 Å². The molecule has 0 unspecified atom stereocenters. The number of hydrogen-bond acceptors (Lipinski definition) is 7. The summed E-state index contributed by atoms with van der Waals surface area (Å²) < 4.78 is 0. The first kappa shape index (κ1) is 17.1. The van der Waals surface area contributed by atoms with E-state index >= 15 is 0 Å². The lowest BCUT2D eigenvalue weighted by molar-refractivity contribution is -0.385. The number of nitrogens with zero attached hydrogens (tertiary/aromatic N) is 4. The average Bonchev–Trinajstić information content (AvgIpc) is 2.57. The second-order valence-electron chi connectivity index (χ2n) is 4.91. The highest BCUT2D eigenvalue weighted by atomic mass is 16.6. The third-order valence-corrected chi connectivity index (χ3v) is 3.45. The standard InChI is InChI=1S/C15H18N6O3/c1-3-20(4-2)13-6-5-10(8-17-13)19-15-12(14(16)22)7-11(9-18-15)21(23)24/h5-9H,3-4H2,1-2H3,(H2,16,22)(H,18,19). The number of nitrogens with two attached hydrogens (primary N) is 1. The summed E-state index contributed by atoms with van der Waals surface area (Å²) in [5, 5.41) is 13.7. The van der Waals surface area contributed by atoms with Gasteiger partial charge in [0.25, 0.3) is 11.6 Å². The monoisotopic (exact) mass is 330 g/mol. The van der Waals surface area contributed by atoms with Crippen molar-refractivity contribution in [3.8, 4) is 0 Å². The zero-order valence-corrected chi connectivity index (χ0v) is 13.4. The van der Waals surface area contributed by atoms with Gasteiger partial charge in [-0.3, -0.25) is 14.9 Å².